The van der Waals surface area contributed by atoms with Crippen molar-refractivity contribution < 1.29 is 9.90 Å². The molecule has 1 heterocycles. The van der Waals surface area contributed by atoms with Gasteiger partial charge in [0.2, 0.25) is 5.24 Å². The van der Waals surface area contributed by atoms with Crippen LogP contribution in [-0.4, -0.2) is 25.3 Å². The minimum atomic E-state index is -0.462. The molecule has 1 aromatic heterocycles. The number of hydrogen-bond donors (Lipinski definition) is 1. The highest BCUT2D eigenvalue weighted by Crippen LogP contribution is 2.27. The number of carbonyl (C=O) groups is 1. The molecule has 3 rings (SSSR count). The third-order valence-corrected chi connectivity index (χ3v) is 3.67. The predicted molar refractivity (Wildman–Crippen MR) is 79.8 cm³/mol. The van der Waals surface area contributed by atoms with Gasteiger partial charge < -0.3 is 5.11 Å². The van der Waals surface area contributed by atoms with Gasteiger partial charge in [-0.25, -0.2) is 0 Å². The van der Waals surface area contributed by atoms with E-state index in [1.54, 1.807) is 19.1 Å². The molecular formula is C15H12ClN3O2. The Morgan fingerprint density at radius 3 is 2.38 bits per heavy atom. The first-order valence-corrected chi connectivity index (χ1v) is 6.79. The van der Waals surface area contributed by atoms with Crippen LogP contribution in [0.1, 0.15) is 18.4 Å². The van der Waals surface area contributed by atoms with E-state index in [1.165, 1.54) is 10.9 Å². The lowest BCUT2D eigenvalue weighted by Crippen LogP contribution is -2.05. The first-order chi connectivity index (χ1) is 10.1. The molecule has 0 amide bonds. The van der Waals surface area contributed by atoms with Crippen LogP contribution < -0.4 is 0 Å². The van der Waals surface area contributed by atoms with E-state index in [-0.39, 0.29) is 5.75 Å². The number of aromatic nitrogens is 3. The highest BCUT2D eigenvalue weighted by molar-refractivity contribution is 6.64. The second kappa shape index (κ2) is 5.18. The molecule has 1 unspecified atom stereocenters. The molecule has 0 saturated carbocycles. The fourth-order valence-corrected chi connectivity index (χ4v) is 2.19. The number of halogens is 1. The van der Waals surface area contributed by atoms with E-state index in [0.717, 1.165) is 11.0 Å². The number of benzene rings is 2. The predicted octanol–water partition coefficient (Wildman–Crippen LogP) is 3.00. The number of phenolic OH excluding ortho intramolecular Hbond substituents is 1. The molecule has 0 radical (unpaired) electrons. The Morgan fingerprint density at radius 1 is 1.19 bits per heavy atom. The minimum absolute atomic E-state index is 0.0354. The normalized spacial score (nSPS) is 12.5. The Morgan fingerprint density at radius 2 is 1.81 bits per heavy atom. The minimum Gasteiger partial charge on any atom is -0.506 e. The van der Waals surface area contributed by atoms with Crippen LogP contribution in [0.15, 0.2) is 42.5 Å². The van der Waals surface area contributed by atoms with Crippen molar-refractivity contribution in [2.45, 2.75) is 12.8 Å². The van der Waals surface area contributed by atoms with Gasteiger partial charge >= 0.3 is 0 Å². The molecule has 0 fully saturated rings. The lowest BCUT2D eigenvalue weighted by molar-refractivity contribution is -0.112. The maximum atomic E-state index is 11.3. The van der Waals surface area contributed by atoms with E-state index < -0.39 is 11.2 Å². The van der Waals surface area contributed by atoms with Crippen molar-refractivity contribution in [3.05, 3.63) is 48.0 Å². The number of nitrogens with zero attached hydrogens (tertiary/aromatic N) is 3. The molecular weight excluding hydrogens is 290 g/mol. The first kappa shape index (κ1) is 13.6. The van der Waals surface area contributed by atoms with Crippen LogP contribution in [0.3, 0.4) is 0 Å². The van der Waals surface area contributed by atoms with Gasteiger partial charge in [0.05, 0.1) is 5.92 Å². The van der Waals surface area contributed by atoms with E-state index in [1.807, 2.05) is 24.3 Å². The highest BCUT2D eigenvalue weighted by Gasteiger charge is 2.16. The molecule has 1 N–H and O–H groups in total. The maximum Gasteiger partial charge on any atom is 0.228 e. The lowest BCUT2D eigenvalue weighted by Gasteiger charge is -2.10. The number of carbonyl (C=O) groups excluding carboxylic acids is 1. The van der Waals surface area contributed by atoms with Gasteiger partial charge in [0.25, 0.3) is 0 Å². The standard InChI is InChI=1S/C15H12ClN3O2/c1-9(15(16)21)10-6-7-14(20)13(8-10)19-17-11-4-2-3-5-12(11)18-19/h2-9,20H,1H3. The van der Waals surface area contributed by atoms with E-state index in [0.29, 0.717) is 11.3 Å². The summed E-state index contributed by atoms with van der Waals surface area (Å²) < 4.78 is 0. The average Bonchev–Trinajstić information content (AvgIpc) is 2.90. The number of hydrogen-bond acceptors (Lipinski definition) is 4. The Hall–Kier alpha value is -2.40. The molecule has 0 aliphatic heterocycles. The SMILES string of the molecule is CC(C(=O)Cl)c1ccc(O)c(-n2nc3ccccc3n2)c1. The van der Waals surface area contributed by atoms with Crippen molar-refractivity contribution in [3.8, 4) is 11.4 Å². The molecule has 5 nitrogen and oxygen atoms in total. The number of phenols is 1. The zero-order chi connectivity index (χ0) is 15.0. The summed E-state index contributed by atoms with van der Waals surface area (Å²) >= 11 is 5.53. The van der Waals surface area contributed by atoms with E-state index in [2.05, 4.69) is 10.2 Å². The third kappa shape index (κ3) is 2.48. The van der Waals surface area contributed by atoms with Crippen molar-refractivity contribution in [3.63, 3.8) is 0 Å². The van der Waals surface area contributed by atoms with Crippen LogP contribution in [0.25, 0.3) is 16.7 Å². The fraction of sp³-hybridized carbons (Fsp3) is 0.133. The largest absolute Gasteiger partial charge is 0.506 e. The summed E-state index contributed by atoms with van der Waals surface area (Å²) in [7, 11) is 0. The van der Waals surface area contributed by atoms with Crippen molar-refractivity contribution >= 4 is 27.9 Å². The Kier molecular flexibility index (Phi) is 3.35. The molecule has 0 saturated heterocycles. The highest BCUT2D eigenvalue weighted by atomic mass is 35.5. The van der Waals surface area contributed by atoms with Gasteiger partial charge in [-0.3, -0.25) is 4.79 Å². The summed E-state index contributed by atoms with van der Waals surface area (Å²) in [6, 6.07) is 12.2. The van der Waals surface area contributed by atoms with E-state index in [4.69, 9.17) is 11.6 Å². The zero-order valence-corrected chi connectivity index (χ0v) is 11.9. The smallest absolute Gasteiger partial charge is 0.228 e. The van der Waals surface area contributed by atoms with Gasteiger partial charge in [-0.2, -0.15) is 0 Å². The molecule has 0 bridgehead atoms. The quantitative estimate of drug-likeness (QED) is 0.755. The van der Waals surface area contributed by atoms with Crippen LogP contribution in [0, 0.1) is 0 Å². The molecule has 106 valence electrons. The van der Waals surface area contributed by atoms with Crippen LogP contribution in [0.5, 0.6) is 5.75 Å². The van der Waals surface area contributed by atoms with Gasteiger partial charge in [0.15, 0.2) is 0 Å². The van der Waals surface area contributed by atoms with Gasteiger partial charge in [0, 0.05) is 0 Å². The summed E-state index contributed by atoms with van der Waals surface area (Å²) in [5, 5.41) is 18.2. The second-order valence-corrected chi connectivity index (χ2v) is 5.12. The summed E-state index contributed by atoms with van der Waals surface area (Å²) in [5.41, 5.74) is 2.56. The summed E-state index contributed by atoms with van der Waals surface area (Å²) in [6.07, 6.45) is 0. The molecule has 0 spiro atoms. The molecule has 1 atom stereocenters. The molecule has 0 aliphatic carbocycles. The molecule has 21 heavy (non-hydrogen) atoms. The lowest BCUT2D eigenvalue weighted by atomic mass is 10.0. The maximum absolute atomic E-state index is 11.3. The Labute approximate surface area is 125 Å². The van der Waals surface area contributed by atoms with E-state index >= 15 is 0 Å². The van der Waals surface area contributed by atoms with Crippen LogP contribution >= 0.6 is 11.6 Å². The first-order valence-electron chi connectivity index (χ1n) is 6.41. The van der Waals surface area contributed by atoms with E-state index in [9.17, 15) is 9.90 Å². The topological polar surface area (TPSA) is 68.0 Å². The molecule has 0 aliphatic rings. The monoisotopic (exact) mass is 301 g/mol. The summed E-state index contributed by atoms with van der Waals surface area (Å²) in [6.45, 7) is 1.71. The average molecular weight is 302 g/mol. The zero-order valence-electron chi connectivity index (χ0n) is 11.2. The fourth-order valence-electron chi connectivity index (χ4n) is 2.07. The van der Waals surface area contributed by atoms with Gasteiger partial charge in [-0.1, -0.05) is 25.1 Å². The molecule has 3 aromatic rings. The summed E-state index contributed by atoms with van der Waals surface area (Å²) in [4.78, 5) is 12.6. The van der Waals surface area contributed by atoms with Gasteiger partial charge in [-0.05, 0) is 41.4 Å². The van der Waals surface area contributed by atoms with Crippen molar-refractivity contribution in [1.29, 1.82) is 0 Å². The summed E-state index contributed by atoms with van der Waals surface area (Å²) in [5.74, 6) is -0.427. The van der Waals surface area contributed by atoms with Crippen LogP contribution in [0.4, 0.5) is 0 Å². The van der Waals surface area contributed by atoms with Crippen molar-refractivity contribution in [2.24, 2.45) is 0 Å². The third-order valence-electron chi connectivity index (χ3n) is 3.34. The van der Waals surface area contributed by atoms with Crippen molar-refractivity contribution in [2.75, 3.05) is 0 Å². The number of fused-ring (bicyclic) bond motifs is 1. The molecule has 6 heteroatoms. The Bertz CT molecular complexity index is 796. The van der Waals surface area contributed by atoms with Crippen molar-refractivity contribution in [1.82, 2.24) is 15.0 Å². The second-order valence-electron chi connectivity index (χ2n) is 4.75. The van der Waals surface area contributed by atoms with Gasteiger partial charge in [-0.15, -0.1) is 15.0 Å². The Balaban J connectivity index is 2.12. The van der Waals surface area contributed by atoms with Crippen LogP contribution in [-0.2, 0) is 4.79 Å². The van der Waals surface area contributed by atoms with Crippen LogP contribution in [0.2, 0.25) is 0 Å². The number of rotatable bonds is 3. The number of aromatic hydroxyl groups is 1. The van der Waals surface area contributed by atoms with Gasteiger partial charge in [0.1, 0.15) is 22.5 Å². The molecule has 2 aromatic carbocycles.